The Kier molecular flexibility index (Phi) is 2.63. The number of allylic oxidation sites excluding steroid dienone is 2. The van der Waals surface area contributed by atoms with Crippen molar-refractivity contribution in [1.29, 1.82) is 0 Å². The van der Waals surface area contributed by atoms with E-state index in [0.717, 1.165) is 19.6 Å². The molecule has 1 nitrogen and oxygen atoms in total. The van der Waals surface area contributed by atoms with Crippen LogP contribution < -0.4 is 0 Å². The van der Waals surface area contributed by atoms with Crippen molar-refractivity contribution >= 4 is 43.3 Å². The van der Waals surface area contributed by atoms with Crippen molar-refractivity contribution in [3.63, 3.8) is 0 Å². The molecule has 0 fully saturated rings. The first kappa shape index (κ1) is 10.2. The van der Waals surface area contributed by atoms with Gasteiger partial charge in [0, 0.05) is 9.75 Å². The van der Waals surface area contributed by atoms with E-state index in [-0.39, 0.29) is 0 Å². The Morgan fingerprint density at radius 3 is 1.75 bits per heavy atom. The van der Waals surface area contributed by atoms with Crippen LogP contribution in [0.1, 0.15) is 9.75 Å². The second-order valence-electron chi connectivity index (χ2n) is 3.29. The van der Waals surface area contributed by atoms with Crippen LogP contribution in [0.2, 0.25) is 0 Å². The molecule has 1 aliphatic rings. The topological polar surface area (TPSA) is 17.1 Å². The predicted octanol–water partition coefficient (Wildman–Crippen LogP) is 3.95. The summed E-state index contributed by atoms with van der Waals surface area (Å²) in [6, 6.07) is 8.00. The van der Waals surface area contributed by atoms with Gasteiger partial charge in [-0.25, -0.2) is 4.21 Å². The van der Waals surface area contributed by atoms with Gasteiger partial charge in [0.1, 0.15) is 0 Å². The van der Waals surface area contributed by atoms with Crippen LogP contribution in [0.5, 0.6) is 0 Å². The second kappa shape index (κ2) is 4.13. The molecule has 0 N–H and O–H groups in total. The minimum atomic E-state index is -1.01. The zero-order chi connectivity index (χ0) is 11.0. The molecule has 2 aromatic heterocycles. The van der Waals surface area contributed by atoms with E-state index in [1.165, 1.54) is 0 Å². The van der Waals surface area contributed by atoms with Crippen LogP contribution >= 0.6 is 22.7 Å². The Morgan fingerprint density at radius 1 is 0.875 bits per heavy atom. The van der Waals surface area contributed by atoms with E-state index in [4.69, 9.17) is 0 Å². The molecule has 0 aromatic carbocycles. The van der Waals surface area contributed by atoms with E-state index in [0.29, 0.717) is 0 Å². The van der Waals surface area contributed by atoms with Gasteiger partial charge in [0.15, 0.2) is 0 Å². The Balaban J connectivity index is 1.94. The highest BCUT2D eigenvalue weighted by Gasteiger charge is 2.21. The number of hydrogen-bond acceptors (Lipinski definition) is 3. The summed E-state index contributed by atoms with van der Waals surface area (Å²) in [7, 11) is -1.01. The second-order valence-corrected chi connectivity index (χ2v) is 6.60. The summed E-state index contributed by atoms with van der Waals surface area (Å²) in [6.07, 6.45) is 3.94. The molecule has 3 heterocycles. The standard InChI is InChI=1S/C12H8OS3/c13-16-11(9-3-1-7-14-9)5-6-12(16)10-4-2-8-15-10/h1-8H. The van der Waals surface area contributed by atoms with E-state index in [2.05, 4.69) is 0 Å². The summed E-state index contributed by atoms with van der Waals surface area (Å²) in [5.41, 5.74) is 0. The Hall–Kier alpha value is -0.970. The molecule has 0 spiro atoms. The fraction of sp³-hybridized carbons (Fsp3) is 0. The Bertz CT molecular complexity index is 522. The van der Waals surface area contributed by atoms with Crippen LogP contribution in [-0.4, -0.2) is 4.21 Å². The molecule has 1 aliphatic heterocycles. The van der Waals surface area contributed by atoms with Crippen molar-refractivity contribution in [2.45, 2.75) is 0 Å². The van der Waals surface area contributed by atoms with Gasteiger partial charge in [-0.05, 0) is 35.0 Å². The SMILES string of the molecule is O=S1C(c2cccs2)=CC=C1c1cccs1. The molecule has 0 amide bonds. The summed E-state index contributed by atoms with van der Waals surface area (Å²) in [5.74, 6) is 0. The van der Waals surface area contributed by atoms with E-state index >= 15 is 0 Å². The summed E-state index contributed by atoms with van der Waals surface area (Å²) in [5, 5.41) is 4.02. The van der Waals surface area contributed by atoms with E-state index in [9.17, 15) is 4.21 Å². The normalized spacial score (nSPS) is 16.2. The van der Waals surface area contributed by atoms with Crippen molar-refractivity contribution in [1.82, 2.24) is 0 Å². The third-order valence-corrected chi connectivity index (χ3v) is 5.89. The number of rotatable bonds is 2. The minimum Gasteiger partial charge on any atom is -0.249 e. The maximum absolute atomic E-state index is 12.3. The van der Waals surface area contributed by atoms with Crippen LogP contribution in [0.25, 0.3) is 9.81 Å². The first-order valence-corrected chi connectivity index (χ1v) is 7.69. The third kappa shape index (κ3) is 1.63. The molecule has 4 heteroatoms. The first-order chi connectivity index (χ1) is 7.86. The lowest BCUT2D eigenvalue weighted by Crippen LogP contribution is -1.90. The largest absolute Gasteiger partial charge is 0.249 e. The van der Waals surface area contributed by atoms with Crippen molar-refractivity contribution in [3.05, 3.63) is 56.9 Å². The zero-order valence-corrected chi connectivity index (χ0v) is 10.7. The highest BCUT2D eigenvalue weighted by molar-refractivity contribution is 8.04. The lowest BCUT2D eigenvalue weighted by atomic mass is 10.3. The summed E-state index contributed by atoms with van der Waals surface area (Å²) in [6.45, 7) is 0. The molecule has 16 heavy (non-hydrogen) atoms. The average molecular weight is 264 g/mol. The lowest BCUT2D eigenvalue weighted by molar-refractivity contribution is 0.694. The molecular weight excluding hydrogens is 256 g/mol. The molecule has 2 aromatic rings. The number of thiophene rings is 2. The molecular formula is C12H8OS3. The summed E-state index contributed by atoms with van der Waals surface area (Å²) in [4.78, 5) is 4.05. The molecule has 0 saturated carbocycles. The molecule has 3 rings (SSSR count). The lowest BCUT2D eigenvalue weighted by Gasteiger charge is -2.01. The monoisotopic (exact) mass is 264 g/mol. The fourth-order valence-corrected chi connectivity index (χ4v) is 4.73. The molecule has 80 valence electrons. The summed E-state index contributed by atoms with van der Waals surface area (Å²) < 4.78 is 12.3. The van der Waals surface area contributed by atoms with Crippen LogP contribution in [0.4, 0.5) is 0 Å². The zero-order valence-electron chi connectivity index (χ0n) is 8.25. The van der Waals surface area contributed by atoms with Gasteiger partial charge in [-0.15, -0.1) is 22.7 Å². The van der Waals surface area contributed by atoms with Gasteiger partial charge < -0.3 is 0 Å². The van der Waals surface area contributed by atoms with Crippen LogP contribution in [0, 0.1) is 0 Å². The van der Waals surface area contributed by atoms with Gasteiger partial charge in [-0.2, -0.15) is 0 Å². The predicted molar refractivity (Wildman–Crippen MR) is 72.7 cm³/mol. The van der Waals surface area contributed by atoms with Gasteiger partial charge in [0.05, 0.1) is 20.6 Å². The van der Waals surface area contributed by atoms with E-state index in [1.54, 1.807) is 22.7 Å². The molecule has 0 unspecified atom stereocenters. The van der Waals surface area contributed by atoms with Crippen molar-refractivity contribution in [3.8, 4) is 0 Å². The van der Waals surface area contributed by atoms with Crippen LogP contribution in [0.15, 0.2) is 47.2 Å². The van der Waals surface area contributed by atoms with Gasteiger partial charge in [0.25, 0.3) is 0 Å². The summed E-state index contributed by atoms with van der Waals surface area (Å²) >= 11 is 3.26. The van der Waals surface area contributed by atoms with Gasteiger partial charge in [-0.3, -0.25) is 0 Å². The van der Waals surface area contributed by atoms with Gasteiger partial charge in [-0.1, -0.05) is 12.1 Å². The first-order valence-electron chi connectivity index (χ1n) is 4.78. The van der Waals surface area contributed by atoms with Gasteiger partial charge >= 0.3 is 0 Å². The minimum absolute atomic E-state index is 0.929. The van der Waals surface area contributed by atoms with Crippen molar-refractivity contribution in [2.24, 2.45) is 0 Å². The van der Waals surface area contributed by atoms with E-state index in [1.807, 2.05) is 47.2 Å². The molecule has 0 bridgehead atoms. The van der Waals surface area contributed by atoms with Gasteiger partial charge in [0.2, 0.25) is 0 Å². The van der Waals surface area contributed by atoms with Crippen molar-refractivity contribution in [2.75, 3.05) is 0 Å². The highest BCUT2D eigenvalue weighted by Crippen LogP contribution is 2.37. The smallest absolute Gasteiger partial charge is 0.0878 e. The molecule has 0 atom stereocenters. The Morgan fingerprint density at radius 2 is 1.38 bits per heavy atom. The maximum Gasteiger partial charge on any atom is 0.0878 e. The van der Waals surface area contributed by atoms with Crippen LogP contribution in [0.3, 0.4) is 0 Å². The van der Waals surface area contributed by atoms with E-state index < -0.39 is 10.8 Å². The quantitative estimate of drug-likeness (QED) is 0.802. The highest BCUT2D eigenvalue weighted by atomic mass is 32.2. The molecule has 0 saturated heterocycles. The number of hydrogen-bond donors (Lipinski definition) is 0. The van der Waals surface area contributed by atoms with Crippen molar-refractivity contribution < 1.29 is 4.21 Å². The third-order valence-electron chi connectivity index (χ3n) is 2.31. The average Bonchev–Trinajstić information content (AvgIpc) is 2.96. The molecule has 0 aliphatic carbocycles. The van der Waals surface area contributed by atoms with Crippen LogP contribution in [-0.2, 0) is 10.8 Å². The maximum atomic E-state index is 12.3. The Labute approximate surface area is 104 Å². The molecule has 0 radical (unpaired) electrons. The fourth-order valence-electron chi connectivity index (χ4n) is 1.58.